The molecule has 0 aliphatic carbocycles. The van der Waals surface area contributed by atoms with Gasteiger partial charge in [0.2, 0.25) is 0 Å². The molecule has 0 atom stereocenters. The fourth-order valence-electron chi connectivity index (χ4n) is 3.53. The van der Waals surface area contributed by atoms with E-state index < -0.39 is 0 Å². The number of hydrogen-bond donors (Lipinski definition) is 1. The van der Waals surface area contributed by atoms with E-state index in [2.05, 4.69) is 46.6 Å². The van der Waals surface area contributed by atoms with Crippen molar-refractivity contribution in [2.75, 3.05) is 46.4 Å². The molecule has 0 radical (unpaired) electrons. The maximum Gasteiger partial charge on any atom is 0.317 e. The number of piperazine rings is 1. The Morgan fingerprint density at radius 3 is 2.46 bits per heavy atom. The Bertz CT molecular complexity index is 728. The van der Waals surface area contributed by atoms with Gasteiger partial charge in [-0.3, -0.25) is 4.90 Å². The summed E-state index contributed by atoms with van der Waals surface area (Å²) in [5.41, 5.74) is 2.61. The van der Waals surface area contributed by atoms with Crippen molar-refractivity contribution in [3.05, 3.63) is 65.7 Å². The number of hydrogen-bond acceptors (Lipinski definition) is 3. The molecule has 3 rings (SSSR count). The zero-order valence-electron chi connectivity index (χ0n) is 16.8. The van der Waals surface area contributed by atoms with Crippen molar-refractivity contribution in [1.82, 2.24) is 15.1 Å². The first-order chi connectivity index (χ1) is 13.7. The molecule has 0 bridgehead atoms. The third-order valence-corrected chi connectivity index (χ3v) is 5.27. The number of methoxy groups -OCH3 is 1. The maximum absolute atomic E-state index is 12.3. The smallest absolute Gasteiger partial charge is 0.317 e. The molecule has 0 unspecified atom stereocenters. The highest BCUT2D eigenvalue weighted by Gasteiger charge is 2.20. The van der Waals surface area contributed by atoms with Crippen molar-refractivity contribution in [3.63, 3.8) is 0 Å². The van der Waals surface area contributed by atoms with Crippen LogP contribution in [0.2, 0.25) is 0 Å². The fourth-order valence-corrected chi connectivity index (χ4v) is 3.53. The summed E-state index contributed by atoms with van der Waals surface area (Å²) < 4.78 is 5.29. The molecule has 0 spiro atoms. The van der Waals surface area contributed by atoms with Crippen LogP contribution >= 0.6 is 0 Å². The van der Waals surface area contributed by atoms with Crippen LogP contribution in [0.4, 0.5) is 4.79 Å². The number of urea groups is 1. The van der Waals surface area contributed by atoms with Gasteiger partial charge >= 0.3 is 6.03 Å². The second-order valence-corrected chi connectivity index (χ2v) is 7.25. The molecule has 1 aliphatic heterocycles. The van der Waals surface area contributed by atoms with E-state index in [1.54, 1.807) is 7.11 Å². The van der Waals surface area contributed by atoms with Crippen molar-refractivity contribution in [3.8, 4) is 5.75 Å². The summed E-state index contributed by atoms with van der Waals surface area (Å²) in [4.78, 5) is 16.7. The molecule has 1 heterocycles. The number of aryl methyl sites for hydroxylation is 1. The Kier molecular flexibility index (Phi) is 7.73. The average Bonchev–Trinajstić information content (AvgIpc) is 2.76. The van der Waals surface area contributed by atoms with E-state index in [1.165, 1.54) is 11.1 Å². The lowest BCUT2D eigenvalue weighted by atomic mass is 10.1. The first-order valence-electron chi connectivity index (χ1n) is 10.2. The Morgan fingerprint density at radius 1 is 0.964 bits per heavy atom. The van der Waals surface area contributed by atoms with Crippen LogP contribution in [0.15, 0.2) is 54.6 Å². The normalized spacial score (nSPS) is 14.7. The SMILES string of the molecule is COc1cccc(CCN2CCN(C(=O)NCCCc3ccccc3)CC2)c1. The highest BCUT2D eigenvalue weighted by Crippen LogP contribution is 2.14. The standard InChI is InChI=1S/C23H31N3O2/c1-28-22-11-5-9-21(19-22)12-14-25-15-17-26(18-16-25)23(27)24-13-6-10-20-7-3-2-4-8-20/h2-5,7-9,11,19H,6,10,12-18H2,1H3,(H,24,27). The largest absolute Gasteiger partial charge is 0.497 e. The second-order valence-electron chi connectivity index (χ2n) is 7.25. The van der Waals surface area contributed by atoms with Crippen LogP contribution < -0.4 is 10.1 Å². The molecule has 28 heavy (non-hydrogen) atoms. The molecule has 1 N–H and O–H groups in total. The zero-order valence-corrected chi connectivity index (χ0v) is 16.8. The second kappa shape index (κ2) is 10.7. The van der Waals surface area contributed by atoms with E-state index in [9.17, 15) is 4.79 Å². The molecule has 2 aromatic rings. The van der Waals surface area contributed by atoms with Gasteiger partial charge in [-0.2, -0.15) is 0 Å². The summed E-state index contributed by atoms with van der Waals surface area (Å²) in [6, 6.07) is 18.7. The lowest BCUT2D eigenvalue weighted by molar-refractivity contribution is 0.140. The van der Waals surface area contributed by atoms with Gasteiger partial charge < -0.3 is 15.0 Å². The lowest BCUT2D eigenvalue weighted by Gasteiger charge is -2.34. The van der Waals surface area contributed by atoms with E-state index in [0.29, 0.717) is 0 Å². The van der Waals surface area contributed by atoms with Crippen LogP contribution in [0.3, 0.4) is 0 Å². The number of rotatable bonds is 8. The molecule has 5 nitrogen and oxygen atoms in total. The van der Waals surface area contributed by atoms with Crippen LogP contribution in [0.5, 0.6) is 5.75 Å². The molecule has 2 amide bonds. The summed E-state index contributed by atoms with van der Waals surface area (Å²) in [6.07, 6.45) is 2.97. The summed E-state index contributed by atoms with van der Waals surface area (Å²) in [6.45, 7) is 5.19. The van der Waals surface area contributed by atoms with Gasteiger partial charge in [0.15, 0.2) is 0 Å². The predicted octanol–water partition coefficient (Wildman–Crippen LogP) is 3.20. The van der Waals surface area contributed by atoms with E-state index in [4.69, 9.17) is 4.74 Å². The number of carbonyl (C=O) groups is 1. The Hall–Kier alpha value is -2.53. The summed E-state index contributed by atoms with van der Waals surface area (Å²) in [7, 11) is 1.70. The zero-order chi connectivity index (χ0) is 19.6. The molecule has 150 valence electrons. The number of carbonyl (C=O) groups excluding carboxylic acids is 1. The van der Waals surface area contributed by atoms with E-state index in [0.717, 1.165) is 64.3 Å². The summed E-state index contributed by atoms with van der Waals surface area (Å²) >= 11 is 0. The molecular weight excluding hydrogens is 350 g/mol. The number of ether oxygens (including phenoxy) is 1. The van der Waals surface area contributed by atoms with Crippen molar-refractivity contribution in [1.29, 1.82) is 0 Å². The molecule has 5 heteroatoms. The van der Waals surface area contributed by atoms with Crippen LogP contribution in [0, 0.1) is 0 Å². The Morgan fingerprint density at radius 2 is 1.71 bits per heavy atom. The van der Waals surface area contributed by atoms with Crippen LogP contribution in [0.25, 0.3) is 0 Å². The van der Waals surface area contributed by atoms with Gasteiger partial charge in [0.05, 0.1) is 7.11 Å². The van der Waals surface area contributed by atoms with Gasteiger partial charge in [0.25, 0.3) is 0 Å². The van der Waals surface area contributed by atoms with Crippen LogP contribution in [-0.4, -0.2) is 62.2 Å². The summed E-state index contributed by atoms with van der Waals surface area (Å²) in [5, 5.41) is 3.06. The number of benzene rings is 2. The first-order valence-corrected chi connectivity index (χ1v) is 10.2. The lowest BCUT2D eigenvalue weighted by Crippen LogP contribution is -2.52. The molecule has 1 aliphatic rings. The number of amides is 2. The first kappa shape index (κ1) is 20.2. The van der Waals surface area contributed by atoms with Crippen molar-refractivity contribution in [2.45, 2.75) is 19.3 Å². The molecule has 1 fully saturated rings. The molecular formula is C23H31N3O2. The van der Waals surface area contributed by atoms with E-state index in [-0.39, 0.29) is 6.03 Å². The number of nitrogens with one attached hydrogen (secondary N) is 1. The topological polar surface area (TPSA) is 44.8 Å². The third kappa shape index (κ3) is 6.27. The van der Waals surface area contributed by atoms with Gasteiger partial charge in [-0.1, -0.05) is 42.5 Å². The minimum atomic E-state index is 0.0699. The van der Waals surface area contributed by atoms with E-state index >= 15 is 0 Å². The van der Waals surface area contributed by atoms with E-state index in [1.807, 2.05) is 23.1 Å². The minimum Gasteiger partial charge on any atom is -0.497 e. The molecule has 2 aromatic carbocycles. The highest BCUT2D eigenvalue weighted by molar-refractivity contribution is 5.74. The third-order valence-electron chi connectivity index (χ3n) is 5.27. The average molecular weight is 382 g/mol. The van der Waals surface area contributed by atoms with Crippen LogP contribution in [-0.2, 0) is 12.8 Å². The van der Waals surface area contributed by atoms with Gasteiger partial charge in [-0.05, 0) is 42.5 Å². The molecule has 1 saturated heterocycles. The fraction of sp³-hybridized carbons (Fsp3) is 0.435. The van der Waals surface area contributed by atoms with Crippen molar-refractivity contribution >= 4 is 6.03 Å². The van der Waals surface area contributed by atoms with Crippen molar-refractivity contribution in [2.24, 2.45) is 0 Å². The van der Waals surface area contributed by atoms with Gasteiger partial charge in [-0.15, -0.1) is 0 Å². The maximum atomic E-state index is 12.3. The van der Waals surface area contributed by atoms with Gasteiger partial charge in [0.1, 0.15) is 5.75 Å². The number of nitrogens with zero attached hydrogens (tertiary/aromatic N) is 2. The van der Waals surface area contributed by atoms with Gasteiger partial charge in [-0.25, -0.2) is 4.79 Å². The highest BCUT2D eigenvalue weighted by atomic mass is 16.5. The van der Waals surface area contributed by atoms with Crippen LogP contribution in [0.1, 0.15) is 17.5 Å². The van der Waals surface area contributed by atoms with Gasteiger partial charge in [0, 0.05) is 39.3 Å². The molecule has 0 aromatic heterocycles. The Labute approximate surface area is 168 Å². The monoisotopic (exact) mass is 381 g/mol. The predicted molar refractivity (Wildman–Crippen MR) is 113 cm³/mol. The van der Waals surface area contributed by atoms with Crippen molar-refractivity contribution < 1.29 is 9.53 Å². The minimum absolute atomic E-state index is 0.0699. The molecule has 0 saturated carbocycles. The Balaban J connectivity index is 1.31. The summed E-state index contributed by atoms with van der Waals surface area (Å²) in [5.74, 6) is 0.909. The quantitative estimate of drug-likeness (QED) is 0.714.